The maximum Gasteiger partial charge on any atom is 0.160 e. The summed E-state index contributed by atoms with van der Waals surface area (Å²) < 4.78 is 0. The van der Waals surface area contributed by atoms with Crippen LogP contribution < -0.4 is 5.32 Å². The minimum absolute atomic E-state index is 0.689. The molecular formula is C17H15N3OS. The van der Waals surface area contributed by atoms with E-state index in [1.54, 1.807) is 6.20 Å². The van der Waals surface area contributed by atoms with Gasteiger partial charge in [-0.2, -0.15) is 0 Å². The van der Waals surface area contributed by atoms with Gasteiger partial charge in [-0.3, -0.25) is 14.8 Å². The number of nitrogens with one attached hydrogen (secondary N) is 1. The van der Waals surface area contributed by atoms with E-state index in [4.69, 9.17) is 0 Å². The number of hydrogen-bond donors (Lipinski definition) is 1. The second-order valence-electron chi connectivity index (χ2n) is 4.80. The zero-order valence-corrected chi connectivity index (χ0v) is 12.7. The van der Waals surface area contributed by atoms with Crippen LogP contribution in [0.25, 0.3) is 10.6 Å². The lowest BCUT2D eigenvalue weighted by Gasteiger charge is -2.05. The van der Waals surface area contributed by atoms with Crippen molar-refractivity contribution in [2.75, 3.05) is 0 Å². The summed E-state index contributed by atoms with van der Waals surface area (Å²) in [5, 5.41) is 3.36. The van der Waals surface area contributed by atoms with Crippen LogP contribution in [0.1, 0.15) is 20.9 Å². The van der Waals surface area contributed by atoms with Crippen LogP contribution in [0.3, 0.4) is 0 Å². The van der Waals surface area contributed by atoms with Gasteiger partial charge in [0, 0.05) is 25.5 Å². The predicted octanol–water partition coefficient (Wildman–Crippen LogP) is 3.31. The van der Waals surface area contributed by atoms with Gasteiger partial charge in [-0.15, -0.1) is 11.3 Å². The van der Waals surface area contributed by atoms with Crippen molar-refractivity contribution in [3.05, 3.63) is 71.0 Å². The summed E-state index contributed by atoms with van der Waals surface area (Å²) in [7, 11) is 0. The maximum absolute atomic E-state index is 10.8. The topological polar surface area (TPSA) is 54.9 Å². The molecular weight excluding hydrogens is 294 g/mol. The van der Waals surface area contributed by atoms with Crippen molar-refractivity contribution in [2.24, 2.45) is 0 Å². The Morgan fingerprint density at radius 1 is 1.09 bits per heavy atom. The molecule has 110 valence electrons. The molecule has 0 aliphatic heterocycles. The quantitative estimate of drug-likeness (QED) is 0.710. The molecule has 3 aromatic rings. The lowest BCUT2D eigenvalue weighted by molar-refractivity contribution is 0.112. The molecule has 0 aliphatic rings. The fourth-order valence-electron chi connectivity index (χ4n) is 2.11. The molecule has 0 bridgehead atoms. The van der Waals surface area contributed by atoms with Crippen molar-refractivity contribution < 1.29 is 4.79 Å². The Kier molecular flexibility index (Phi) is 4.68. The molecule has 0 fully saturated rings. The number of aromatic nitrogens is 2. The number of carbonyl (C=O) groups excluding carboxylic acids is 1. The SMILES string of the molecule is O=Cc1ccc(-c2cccc(CNCc3cccnc3)n2)s1. The summed E-state index contributed by atoms with van der Waals surface area (Å²) in [4.78, 5) is 21.2. The van der Waals surface area contributed by atoms with Crippen molar-refractivity contribution in [3.8, 4) is 10.6 Å². The Labute approximate surface area is 132 Å². The molecule has 0 amide bonds. The van der Waals surface area contributed by atoms with Crippen LogP contribution in [0.5, 0.6) is 0 Å². The third-order valence-corrected chi connectivity index (χ3v) is 4.19. The van der Waals surface area contributed by atoms with Gasteiger partial charge in [-0.25, -0.2) is 0 Å². The third-order valence-electron chi connectivity index (χ3n) is 3.16. The van der Waals surface area contributed by atoms with E-state index in [0.717, 1.165) is 39.5 Å². The first kappa shape index (κ1) is 14.6. The van der Waals surface area contributed by atoms with Gasteiger partial charge in [-0.05, 0) is 35.9 Å². The highest BCUT2D eigenvalue weighted by Crippen LogP contribution is 2.25. The smallest absolute Gasteiger partial charge is 0.160 e. The predicted molar refractivity (Wildman–Crippen MR) is 87.7 cm³/mol. The minimum Gasteiger partial charge on any atom is -0.307 e. The number of nitrogens with zero attached hydrogens (tertiary/aromatic N) is 2. The molecule has 1 N–H and O–H groups in total. The lowest BCUT2D eigenvalue weighted by Crippen LogP contribution is -2.13. The highest BCUT2D eigenvalue weighted by Gasteiger charge is 2.05. The second-order valence-corrected chi connectivity index (χ2v) is 5.91. The van der Waals surface area contributed by atoms with Gasteiger partial charge in [0.1, 0.15) is 0 Å². The summed E-state index contributed by atoms with van der Waals surface area (Å²) in [6.07, 6.45) is 4.49. The van der Waals surface area contributed by atoms with Gasteiger partial charge in [-0.1, -0.05) is 12.1 Å². The van der Waals surface area contributed by atoms with Gasteiger partial charge >= 0.3 is 0 Å². The van der Waals surface area contributed by atoms with Crippen LogP contribution in [0.2, 0.25) is 0 Å². The molecule has 0 saturated heterocycles. The molecule has 3 heterocycles. The summed E-state index contributed by atoms with van der Waals surface area (Å²) in [5.41, 5.74) is 3.02. The normalized spacial score (nSPS) is 10.5. The molecule has 0 atom stereocenters. The molecule has 0 unspecified atom stereocenters. The molecule has 3 aromatic heterocycles. The van der Waals surface area contributed by atoms with E-state index in [0.29, 0.717) is 6.54 Å². The van der Waals surface area contributed by atoms with E-state index in [-0.39, 0.29) is 0 Å². The summed E-state index contributed by atoms with van der Waals surface area (Å²) in [6, 6.07) is 13.7. The number of carbonyl (C=O) groups is 1. The fourth-order valence-corrected chi connectivity index (χ4v) is 2.90. The zero-order valence-electron chi connectivity index (χ0n) is 11.9. The van der Waals surface area contributed by atoms with E-state index < -0.39 is 0 Å². The van der Waals surface area contributed by atoms with Crippen LogP contribution in [-0.4, -0.2) is 16.3 Å². The minimum atomic E-state index is 0.689. The monoisotopic (exact) mass is 309 g/mol. The average Bonchev–Trinajstić information content (AvgIpc) is 3.05. The van der Waals surface area contributed by atoms with Gasteiger partial charge in [0.15, 0.2) is 6.29 Å². The van der Waals surface area contributed by atoms with Crippen molar-refractivity contribution in [3.63, 3.8) is 0 Å². The van der Waals surface area contributed by atoms with Crippen molar-refractivity contribution in [2.45, 2.75) is 13.1 Å². The first-order valence-corrected chi connectivity index (χ1v) is 7.78. The molecule has 22 heavy (non-hydrogen) atoms. The zero-order chi connectivity index (χ0) is 15.2. The molecule has 0 spiro atoms. The number of pyridine rings is 2. The third kappa shape index (κ3) is 3.63. The molecule has 0 aliphatic carbocycles. The molecule has 4 nitrogen and oxygen atoms in total. The molecule has 0 aromatic carbocycles. The summed E-state index contributed by atoms with van der Waals surface area (Å²) in [5.74, 6) is 0. The van der Waals surface area contributed by atoms with Crippen LogP contribution >= 0.6 is 11.3 Å². The lowest BCUT2D eigenvalue weighted by atomic mass is 10.2. The number of aldehydes is 1. The average molecular weight is 309 g/mol. The van der Waals surface area contributed by atoms with Crippen LogP contribution in [0.15, 0.2) is 54.9 Å². The van der Waals surface area contributed by atoms with Crippen molar-refractivity contribution >= 4 is 17.6 Å². The van der Waals surface area contributed by atoms with E-state index in [1.807, 2.05) is 48.7 Å². The fraction of sp³-hybridized carbons (Fsp3) is 0.118. The summed E-state index contributed by atoms with van der Waals surface area (Å²) >= 11 is 1.46. The van der Waals surface area contributed by atoms with Crippen LogP contribution in [0, 0.1) is 0 Å². The van der Waals surface area contributed by atoms with Gasteiger partial charge in [0.05, 0.1) is 21.1 Å². The number of rotatable bonds is 6. The number of thiophene rings is 1. The molecule has 3 rings (SSSR count). The van der Waals surface area contributed by atoms with E-state index in [9.17, 15) is 4.79 Å². The highest BCUT2D eigenvalue weighted by molar-refractivity contribution is 7.17. The first-order valence-electron chi connectivity index (χ1n) is 6.96. The van der Waals surface area contributed by atoms with E-state index >= 15 is 0 Å². The Bertz CT molecular complexity index is 755. The first-order chi connectivity index (χ1) is 10.8. The summed E-state index contributed by atoms with van der Waals surface area (Å²) in [6.45, 7) is 1.45. The Morgan fingerprint density at radius 2 is 2.05 bits per heavy atom. The maximum atomic E-state index is 10.8. The van der Waals surface area contributed by atoms with E-state index in [2.05, 4.69) is 15.3 Å². The molecule has 0 saturated carbocycles. The Hall–Kier alpha value is -2.37. The van der Waals surface area contributed by atoms with Crippen LogP contribution in [-0.2, 0) is 13.1 Å². The number of hydrogen-bond acceptors (Lipinski definition) is 5. The van der Waals surface area contributed by atoms with Gasteiger partial charge in [0.25, 0.3) is 0 Å². The van der Waals surface area contributed by atoms with Crippen LogP contribution in [0.4, 0.5) is 0 Å². The Morgan fingerprint density at radius 3 is 2.82 bits per heavy atom. The molecule has 5 heteroatoms. The second kappa shape index (κ2) is 7.06. The van der Waals surface area contributed by atoms with Crippen molar-refractivity contribution in [1.29, 1.82) is 0 Å². The van der Waals surface area contributed by atoms with Gasteiger partial charge < -0.3 is 5.32 Å². The van der Waals surface area contributed by atoms with Gasteiger partial charge in [0.2, 0.25) is 0 Å². The highest BCUT2D eigenvalue weighted by atomic mass is 32.1. The van der Waals surface area contributed by atoms with Crippen molar-refractivity contribution in [1.82, 2.24) is 15.3 Å². The van der Waals surface area contributed by atoms with E-state index in [1.165, 1.54) is 11.3 Å². The standard InChI is InChI=1S/C17H15N3OS/c21-12-15-6-7-17(22-15)16-5-1-4-14(20-16)11-19-10-13-3-2-8-18-9-13/h1-9,12,19H,10-11H2. The molecule has 0 radical (unpaired) electrons. The Balaban J connectivity index is 1.65. The largest absolute Gasteiger partial charge is 0.307 e.